The van der Waals surface area contributed by atoms with Gasteiger partial charge in [0.05, 0.1) is 18.5 Å². The second-order valence-corrected chi connectivity index (χ2v) is 6.13. The standard InChI is InChI=1S/C14H23BrN4O2/c1-2-6-19-14(21)13(15)12(9-17-19)18(7-8-20)10-11-4-3-5-16-11/h9,11,16,20H,2-8,10H2,1H3. The van der Waals surface area contributed by atoms with Gasteiger partial charge in [0.2, 0.25) is 0 Å². The van der Waals surface area contributed by atoms with Crippen LogP contribution in [0, 0.1) is 0 Å². The molecule has 0 amide bonds. The molecule has 2 N–H and O–H groups in total. The highest BCUT2D eigenvalue weighted by atomic mass is 79.9. The first-order chi connectivity index (χ1) is 10.2. The zero-order valence-corrected chi connectivity index (χ0v) is 14.0. The number of halogens is 1. The Morgan fingerprint density at radius 3 is 3.05 bits per heavy atom. The normalized spacial score (nSPS) is 18.1. The van der Waals surface area contributed by atoms with Gasteiger partial charge < -0.3 is 15.3 Å². The molecule has 118 valence electrons. The summed E-state index contributed by atoms with van der Waals surface area (Å²) in [6, 6.07) is 0.404. The minimum absolute atomic E-state index is 0.0528. The number of nitrogens with zero attached hydrogens (tertiary/aromatic N) is 3. The molecule has 1 aliphatic heterocycles. The Hall–Kier alpha value is -0.920. The Balaban J connectivity index is 2.22. The highest BCUT2D eigenvalue weighted by molar-refractivity contribution is 9.10. The summed E-state index contributed by atoms with van der Waals surface area (Å²) in [5.74, 6) is 0. The molecule has 1 fully saturated rings. The quantitative estimate of drug-likeness (QED) is 0.759. The third-order valence-electron chi connectivity index (χ3n) is 3.72. The number of aryl methyl sites for hydroxylation is 1. The molecule has 0 spiro atoms. The van der Waals surface area contributed by atoms with E-state index < -0.39 is 0 Å². The second kappa shape index (κ2) is 7.91. The van der Waals surface area contributed by atoms with E-state index in [1.54, 1.807) is 6.20 Å². The van der Waals surface area contributed by atoms with E-state index in [9.17, 15) is 9.90 Å². The van der Waals surface area contributed by atoms with E-state index in [1.807, 2.05) is 11.8 Å². The van der Waals surface area contributed by atoms with Gasteiger partial charge in [0.25, 0.3) is 5.56 Å². The molecule has 21 heavy (non-hydrogen) atoms. The van der Waals surface area contributed by atoms with Crippen molar-refractivity contribution in [3.8, 4) is 0 Å². The van der Waals surface area contributed by atoms with Crippen molar-refractivity contribution >= 4 is 21.6 Å². The van der Waals surface area contributed by atoms with Crippen molar-refractivity contribution in [2.45, 2.75) is 38.8 Å². The van der Waals surface area contributed by atoms with Crippen molar-refractivity contribution in [1.82, 2.24) is 15.1 Å². The summed E-state index contributed by atoms with van der Waals surface area (Å²) in [6.07, 6.45) is 4.88. The van der Waals surface area contributed by atoms with Crippen molar-refractivity contribution in [2.24, 2.45) is 0 Å². The lowest BCUT2D eigenvalue weighted by atomic mass is 10.2. The smallest absolute Gasteiger partial charge is 0.283 e. The molecule has 0 bridgehead atoms. The van der Waals surface area contributed by atoms with E-state index in [4.69, 9.17) is 0 Å². The van der Waals surface area contributed by atoms with Gasteiger partial charge in [0.15, 0.2) is 0 Å². The molecule has 2 heterocycles. The zero-order chi connectivity index (χ0) is 15.2. The molecule has 1 saturated heterocycles. The van der Waals surface area contributed by atoms with Gasteiger partial charge in [-0.25, -0.2) is 4.68 Å². The van der Waals surface area contributed by atoms with E-state index in [-0.39, 0.29) is 12.2 Å². The molecule has 6 nitrogen and oxygen atoms in total. The van der Waals surface area contributed by atoms with Gasteiger partial charge in [0, 0.05) is 25.7 Å². The molecular weight excluding hydrogens is 336 g/mol. The Bertz CT molecular complexity index is 514. The molecule has 0 aromatic carbocycles. The number of nitrogens with one attached hydrogen (secondary N) is 1. The summed E-state index contributed by atoms with van der Waals surface area (Å²) >= 11 is 3.40. The molecule has 0 saturated carbocycles. The first-order valence-electron chi connectivity index (χ1n) is 7.52. The summed E-state index contributed by atoms with van der Waals surface area (Å²) in [4.78, 5) is 14.3. The van der Waals surface area contributed by atoms with Crippen LogP contribution in [0.15, 0.2) is 15.5 Å². The predicted octanol–water partition coefficient (Wildman–Crippen LogP) is 0.966. The Kier molecular flexibility index (Phi) is 6.20. The molecule has 1 unspecified atom stereocenters. The lowest BCUT2D eigenvalue weighted by Gasteiger charge is -2.27. The topological polar surface area (TPSA) is 70.4 Å². The van der Waals surface area contributed by atoms with Gasteiger partial charge in [0.1, 0.15) is 4.47 Å². The summed E-state index contributed by atoms with van der Waals surface area (Å²) in [6.45, 7) is 4.99. The number of aliphatic hydroxyl groups excluding tert-OH is 1. The van der Waals surface area contributed by atoms with Crippen LogP contribution in [0.2, 0.25) is 0 Å². The van der Waals surface area contributed by atoms with Crippen LogP contribution in [0.1, 0.15) is 26.2 Å². The van der Waals surface area contributed by atoms with Crippen LogP contribution >= 0.6 is 15.9 Å². The molecule has 0 radical (unpaired) electrons. The van der Waals surface area contributed by atoms with Gasteiger partial charge in [-0.05, 0) is 41.7 Å². The molecule has 1 aromatic heterocycles. The Morgan fingerprint density at radius 2 is 2.43 bits per heavy atom. The van der Waals surface area contributed by atoms with Crippen LogP contribution in [-0.4, -0.2) is 47.2 Å². The van der Waals surface area contributed by atoms with E-state index in [0.717, 1.165) is 31.6 Å². The molecular formula is C14H23BrN4O2. The summed E-state index contributed by atoms with van der Waals surface area (Å²) in [5, 5.41) is 17.0. The van der Waals surface area contributed by atoms with Crippen molar-refractivity contribution in [2.75, 3.05) is 31.1 Å². The lowest BCUT2D eigenvalue weighted by molar-refractivity contribution is 0.300. The van der Waals surface area contributed by atoms with Crippen LogP contribution in [0.3, 0.4) is 0 Å². The highest BCUT2D eigenvalue weighted by Gasteiger charge is 2.21. The Labute approximate surface area is 133 Å². The highest BCUT2D eigenvalue weighted by Crippen LogP contribution is 2.22. The fourth-order valence-corrected chi connectivity index (χ4v) is 3.22. The number of aliphatic hydroxyl groups is 1. The van der Waals surface area contributed by atoms with E-state index in [2.05, 4.69) is 26.3 Å². The maximum Gasteiger partial charge on any atom is 0.283 e. The third kappa shape index (κ3) is 4.05. The first-order valence-corrected chi connectivity index (χ1v) is 8.31. The minimum atomic E-state index is -0.114. The van der Waals surface area contributed by atoms with Crippen LogP contribution in [0.25, 0.3) is 0 Å². The summed E-state index contributed by atoms with van der Waals surface area (Å²) in [5.41, 5.74) is 0.645. The van der Waals surface area contributed by atoms with Crippen molar-refractivity contribution in [3.05, 3.63) is 21.0 Å². The van der Waals surface area contributed by atoms with Gasteiger partial charge in [-0.3, -0.25) is 4.79 Å². The fourth-order valence-electron chi connectivity index (χ4n) is 2.66. The molecule has 1 atom stereocenters. The van der Waals surface area contributed by atoms with E-state index >= 15 is 0 Å². The number of rotatable bonds is 7. The fraction of sp³-hybridized carbons (Fsp3) is 0.714. The average molecular weight is 359 g/mol. The third-order valence-corrected chi connectivity index (χ3v) is 4.46. The summed E-state index contributed by atoms with van der Waals surface area (Å²) in [7, 11) is 0. The van der Waals surface area contributed by atoms with Crippen LogP contribution < -0.4 is 15.8 Å². The van der Waals surface area contributed by atoms with Crippen molar-refractivity contribution in [1.29, 1.82) is 0 Å². The molecule has 2 rings (SSSR count). The number of hydrogen-bond acceptors (Lipinski definition) is 5. The molecule has 7 heteroatoms. The number of anilines is 1. The molecule has 0 aliphatic carbocycles. The Morgan fingerprint density at radius 1 is 1.62 bits per heavy atom. The lowest BCUT2D eigenvalue weighted by Crippen LogP contribution is -2.40. The van der Waals surface area contributed by atoms with Gasteiger partial charge in [-0.1, -0.05) is 6.92 Å². The largest absolute Gasteiger partial charge is 0.395 e. The predicted molar refractivity (Wildman–Crippen MR) is 86.8 cm³/mol. The number of aromatic nitrogens is 2. The van der Waals surface area contributed by atoms with Crippen LogP contribution in [0.4, 0.5) is 5.69 Å². The maximum absolute atomic E-state index is 12.3. The minimum Gasteiger partial charge on any atom is -0.395 e. The molecule has 1 aliphatic rings. The SMILES string of the molecule is CCCn1ncc(N(CCO)CC2CCCN2)c(Br)c1=O. The van der Waals surface area contributed by atoms with Gasteiger partial charge >= 0.3 is 0 Å². The molecule has 1 aromatic rings. The van der Waals surface area contributed by atoms with E-state index in [0.29, 0.717) is 23.6 Å². The summed E-state index contributed by atoms with van der Waals surface area (Å²) < 4.78 is 2.00. The van der Waals surface area contributed by atoms with Crippen LogP contribution in [-0.2, 0) is 6.54 Å². The second-order valence-electron chi connectivity index (χ2n) is 5.33. The van der Waals surface area contributed by atoms with Gasteiger partial charge in [-0.2, -0.15) is 5.10 Å². The zero-order valence-electron chi connectivity index (χ0n) is 12.4. The van der Waals surface area contributed by atoms with E-state index in [1.165, 1.54) is 11.1 Å². The van der Waals surface area contributed by atoms with Crippen molar-refractivity contribution < 1.29 is 5.11 Å². The van der Waals surface area contributed by atoms with Crippen LogP contribution in [0.5, 0.6) is 0 Å². The first kappa shape index (κ1) is 16.5. The average Bonchev–Trinajstić information content (AvgIpc) is 2.97. The van der Waals surface area contributed by atoms with Gasteiger partial charge in [-0.15, -0.1) is 0 Å². The maximum atomic E-state index is 12.3. The number of hydrogen-bond donors (Lipinski definition) is 2. The van der Waals surface area contributed by atoms with Crippen molar-refractivity contribution in [3.63, 3.8) is 0 Å². The monoisotopic (exact) mass is 358 g/mol.